The van der Waals surface area contributed by atoms with E-state index in [0.29, 0.717) is 6.54 Å². The molecule has 0 saturated carbocycles. The number of carbonyl (C=O) groups excluding carboxylic acids is 1. The number of aliphatic hydroxyl groups excluding tert-OH is 1. The number of carbonyl (C=O) groups is 1. The fourth-order valence-corrected chi connectivity index (χ4v) is 5.10. The Morgan fingerprint density at radius 3 is 2.47 bits per heavy atom. The first-order valence-electron chi connectivity index (χ1n) is 11.2. The van der Waals surface area contributed by atoms with Gasteiger partial charge in [-0.05, 0) is 41.7 Å². The predicted octanol–water partition coefficient (Wildman–Crippen LogP) is 2.85. The van der Waals surface area contributed by atoms with Crippen LogP contribution in [0.3, 0.4) is 0 Å². The van der Waals surface area contributed by atoms with Crippen molar-refractivity contribution in [3.8, 4) is 0 Å². The van der Waals surface area contributed by atoms with E-state index < -0.39 is 39.7 Å². The molecule has 0 saturated heterocycles. The molecule has 3 aromatic rings. The minimum atomic E-state index is -3.57. The van der Waals surface area contributed by atoms with Crippen LogP contribution in [0.4, 0.5) is 13.9 Å². The molecular formula is C24H28F2N4O4S2. The molecule has 0 bridgehead atoms. The first kappa shape index (κ1) is 27.7. The highest BCUT2D eigenvalue weighted by Crippen LogP contribution is 2.17. The quantitative estimate of drug-likeness (QED) is 0.282. The highest BCUT2D eigenvalue weighted by Gasteiger charge is 2.24. The maximum absolute atomic E-state index is 13.7. The van der Waals surface area contributed by atoms with E-state index >= 15 is 0 Å². The van der Waals surface area contributed by atoms with E-state index in [2.05, 4.69) is 33.3 Å². The Hall–Kier alpha value is -2.93. The van der Waals surface area contributed by atoms with Crippen molar-refractivity contribution < 1.29 is 27.1 Å². The molecule has 0 aliphatic rings. The molecule has 1 amide bonds. The van der Waals surface area contributed by atoms with Crippen LogP contribution in [0.25, 0.3) is 0 Å². The standard InChI is InChI=1S/C24H28F2N4O4S2/c1-3-15-5-4-6-16(7-15)12-27-13-22(31)20(10-17-8-18(25)11-19(26)9-17)28-23(32)21-14-35-24(29-21)30-36(2,33)34/h4-9,11,14,20,22,27,31H,3,10,12-13H2,1-2H3,(H,28,32)(H,29,30). The lowest BCUT2D eigenvalue weighted by molar-refractivity contribution is 0.0826. The fourth-order valence-electron chi connectivity index (χ4n) is 3.56. The lowest BCUT2D eigenvalue weighted by Gasteiger charge is -2.24. The monoisotopic (exact) mass is 538 g/mol. The molecular weight excluding hydrogens is 510 g/mol. The van der Waals surface area contributed by atoms with Crippen LogP contribution in [0, 0.1) is 11.6 Å². The molecule has 8 nitrogen and oxygen atoms in total. The van der Waals surface area contributed by atoms with Gasteiger partial charge in [0, 0.05) is 24.5 Å². The second-order valence-electron chi connectivity index (χ2n) is 8.35. The minimum absolute atomic E-state index is 0.0166. The normalized spacial score (nSPS) is 13.2. The van der Waals surface area contributed by atoms with Crippen molar-refractivity contribution in [1.29, 1.82) is 0 Å². The maximum Gasteiger partial charge on any atom is 0.271 e. The first-order chi connectivity index (χ1) is 17.0. The zero-order valence-corrected chi connectivity index (χ0v) is 21.4. The molecule has 2 atom stereocenters. The smallest absolute Gasteiger partial charge is 0.271 e. The number of nitrogens with one attached hydrogen (secondary N) is 3. The molecule has 3 rings (SSSR count). The number of sulfonamides is 1. The lowest BCUT2D eigenvalue weighted by atomic mass is 10.00. The van der Waals surface area contributed by atoms with Crippen LogP contribution in [0.2, 0.25) is 0 Å². The van der Waals surface area contributed by atoms with Crippen molar-refractivity contribution in [2.75, 3.05) is 17.5 Å². The van der Waals surface area contributed by atoms with Gasteiger partial charge in [-0.2, -0.15) is 0 Å². The highest BCUT2D eigenvalue weighted by atomic mass is 32.2. The topological polar surface area (TPSA) is 120 Å². The van der Waals surface area contributed by atoms with E-state index in [1.165, 1.54) is 10.9 Å². The van der Waals surface area contributed by atoms with E-state index in [4.69, 9.17) is 0 Å². The number of thiazole rings is 1. The molecule has 0 fully saturated rings. The average Bonchev–Trinajstić information content (AvgIpc) is 3.25. The van der Waals surface area contributed by atoms with Crippen LogP contribution in [0.1, 0.15) is 34.1 Å². The number of anilines is 1. The van der Waals surface area contributed by atoms with E-state index in [1.54, 1.807) is 0 Å². The number of hydrogen-bond acceptors (Lipinski definition) is 7. The summed E-state index contributed by atoms with van der Waals surface area (Å²) >= 11 is 0.926. The Morgan fingerprint density at radius 1 is 1.11 bits per heavy atom. The van der Waals surface area contributed by atoms with Gasteiger partial charge in [0.25, 0.3) is 5.91 Å². The first-order valence-corrected chi connectivity index (χ1v) is 13.9. The number of aromatic nitrogens is 1. The Bertz CT molecular complexity index is 1280. The van der Waals surface area contributed by atoms with Gasteiger partial charge in [0.1, 0.15) is 17.3 Å². The summed E-state index contributed by atoms with van der Waals surface area (Å²) in [5.41, 5.74) is 2.41. The third kappa shape index (κ3) is 8.63. The molecule has 0 spiro atoms. The SMILES string of the molecule is CCc1cccc(CNCC(O)C(Cc2cc(F)cc(F)c2)NC(=O)c2csc(NS(C)(=O)=O)n2)c1. The van der Waals surface area contributed by atoms with E-state index in [0.717, 1.165) is 47.8 Å². The van der Waals surface area contributed by atoms with Gasteiger partial charge < -0.3 is 15.7 Å². The second kappa shape index (κ2) is 12.3. The number of benzene rings is 2. The van der Waals surface area contributed by atoms with Gasteiger partial charge in [-0.1, -0.05) is 31.2 Å². The van der Waals surface area contributed by atoms with Crippen LogP contribution >= 0.6 is 11.3 Å². The van der Waals surface area contributed by atoms with Crippen LogP contribution in [0.5, 0.6) is 0 Å². The Balaban J connectivity index is 1.71. The van der Waals surface area contributed by atoms with Crippen molar-refractivity contribution in [1.82, 2.24) is 15.6 Å². The van der Waals surface area contributed by atoms with Crippen molar-refractivity contribution >= 4 is 32.4 Å². The number of rotatable bonds is 12. The molecule has 194 valence electrons. The number of aliphatic hydroxyl groups is 1. The molecule has 2 aromatic carbocycles. The highest BCUT2D eigenvalue weighted by molar-refractivity contribution is 7.92. The van der Waals surface area contributed by atoms with Crippen LogP contribution in [-0.4, -0.2) is 49.4 Å². The van der Waals surface area contributed by atoms with E-state index in [1.807, 2.05) is 18.2 Å². The van der Waals surface area contributed by atoms with Crippen molar-refractivity contribution in [3.63, 3.8) is 0 Å². The molecule has 12 heteroatoms. The van der Waals surface area contributed by atoms with Gasteiger partial charge >= 0.3 is 0 Å². The summed E-state index contributed by atoms with van der Waals surface area (Å²) in [4.78, 5) is 16.8. The summed E-state index contributed by atoms with van der Waals surface area (Å²) in [6.07, 6.45) is 0.700. The molecule has 0 radical (unpaired) electrons. The van der Waals surface area contributed by atoms with Crippen LogP contribution in [0.15, 0.2) is 47.8 Å². The van der Waals surface area contributed by atoms with E-state index in [-0.39, 0.29) is 29.4 Å². The van der Waals surface area contributed by atoms with Crippen LogP contribution in [-0.2, 0) is 29.4 Å². The second-order valence-corrected chi connectivity index (χ2v) is 11.0. The zero-order chi connectivity index (χ0) is 26.3. The molecule has 2 unspecified atom stereocenters. The summed E-state index contributed by atoms with van der Waals surface area (Å²) < 4.78 is 52.4. The number of aryl methyl sites for hydroxylation is 1. The van der Waals surface area contributed by atoms with Gasteiger partial charge in [0.05, 0.1) is 18.4 Å². The van der Waals surface area contributed by atoms with Gasteiger partial charge in [-0.25, -0.2) is 22.2 Å². The van der Waals surface area contributed by atoms with Crippen molar-refractivity contribution in [2.45, 2.75) is 38.5 Å². The summed E-state index contributed by atoms with van der Waals surface area (Å²) in [6, 6.07) is 10.1. The molecule has 1 heterocycles. The fraction of sp³-hybridized carbons (Fsp3) is 0.333. The van der Waals surface area contributed by atoms with Crippen molar-refractivity contribution in [2.24, 2.45) is 0 Å². The summed E-state index contributed by atoms with van der Waals surface area (Å²) in [5, 5.41) is 18.1. The van der Waals surface area contributed by atoms with Gasteiger partial charge in [0.2, 0.25) is 10.0 Å². The number of hydrogen-bond donors (Lipinski definition) is 4. The maximum atomic E-state index is 13.7. The molecule has 0 aliphatic carbocycles. The number of nitrogens with zero attached hydrogens (tertiary/aromatic N) is 1. The summed E-state index contributed by atoms with van der Waals surface area (Å²) in [6.45, 7) is 2.63. The summed E-state index contributed by atoms with van der Waals surface area (Å²) in [7, 11) is -3.57. The lowest BCUT2D eigenvalue weighted by Crippen LogP contribution is -2.48. The average molecular weight is 539 g/mol. The molecule has 36 heavy (non-hydrogen) atoms. The molecule has 4 N–H and O–H groups in total. The minimum Gasteiger partial charge on any atom is -0.390 e. The third-order valence-corrected chi connectivity index (χ3v) is 6.70. The van der Waals surface area contributed by atoms with Crippen molar-refractivity contribution in [3.05, 3.63) is 81.9 Å². The zero-order valence-electron chi connectivity index (χ0n) is 19.8. The Morgan fingerprint density at radius 2 is 1.81 bits per heavy atom. The summed E-state index contributed by atoms with van der Waals surface area (Å²) in [5.74, 6) is -2.20. The largest absolute Gasteiger partial charge is 0.390 e. The van der Waals surface area contributed by atoms with Gasteiger partial charge in [-0.3, -0.25) is 9.52 Å². The van der Waals surface area contributed by atoms with Gasteiger partial charge in [0.15, 0.2) is 5.13 Å². The predicted molar refractivity (Wildman–Crippen MR) is 135 cm³/mol. The number of halogens is 2. The third-order valence-electron chi connectivity index (χ3n) is 5.25. The molecule has 1 aromatic heterocycles. The van der Waals surface area contributed by atoms with E-state index in [9.17, 15) is 27.1 Å². The Labute approximate surface area is 212 Å². The van der Waals surface area contributed by atoms with Gasteiger partial charge in [-0.15, -0.1) is 11.3 Å². The van der Waals surface area contributed by atoms with Crippen LogP contribution < -0.4 is 15.4 Å². The Kier molecular flexibility index (Phi) is 9.49. The molecule has 0 aliphatic heterocycles. The number of amides is 1.